The lowest BCUT2D eigenvalue weighted by molar-refractivity contribution is -0.112. The summed E-state index contributed by atoms with van der Waals surface area (Å²) in [6, 6.07) is 21.5. The lowest BCUT2D eigenvalue weighted by atomic mass is 9.44. The molecule has 0 aliphatic heterocycles. The number of aliphatic hydroxyl groups excluding tert-OH is 1. The molecule has 2 aromatic carbocycles. The molecule has 6 rings (SSSR count). The van der Waals surface area contributed by atoms with Crippen LogP contribution in [0.15, 0.2) is 60.7 Å². The zero-order valence-corrected chi connectivity index (χ0v) is 25.4. The van der Waals surface area contributed by atoms with Crippen molar-refractivity contribution in [3.8, 4) is 0 Å². The molecule has 212 valence electrons. The fraction of sp³-hybridized carbons (Fsp3) is 0.594. The zero-order chi connectivity index (χ0) is 28.1. The van der Waals surface area contributed by atoms with Gasteiger partial charge >= 0.3 is 6.09 Å². The molecule has 6 nitrogen and oxygen atoms in total. The molecule has 0 heterocycles. The third kappa shape index (κ3) is 5.56. The van der Waals surface area contributed by atoms with Crippen LogP contribution in [0.5, 0.6) is 0 Å². The summed E-state index contributed by atoms with van der Waals surface area (Å²) in [5.41, 5.74) is -0.578. The van der Waals surface area contributed by atoms with Crippen LogP contribution in [0.25, 0.3) is 0 Å². The van der Waals surface area contributed by atoms with E-state index < -0.39 is 20.0 Å². The second kappa shape index (κ2) is 10.0. The number of hydrogen-bond acceptors (Lipinski definition) is 5. The lowest BCUT2D eigenvalue weighted by Crippen LogP contribution is -2.83. The molecular formula is C32H46N2O4Si. The molecule has 0 radical (unpaired) electrons. The highest BCUT2D eigenvalue weighted by Gasteiger charge is 2.68. The minimum atomic E-state index is -2.56. The number of aliphatic hydroxyl groups is 1. The van der Waals surface area contributed by atoms with Crippen LogP contribution in [-0.2, 0) is 9.16 Å². The number of carbonyl (C=O) groups is 1. The molecule has 4 aliphatic carbocycles. The molecule has 2 aromatic rings. The average molecular weight is 551 g/mol. The Balaban J connectivity index is 1.15. The highest BCUT2D eigenvalue weighted by molar-refractivity contribution is 6.99. The summed E-state index contributed by atoms with van der Waals surface area (Å²) in [5.74, 6) is 0.238. The fourth-order valence-electron chi connectivity index (χ4n) is 7.07. The summed E-state index contributed by atoms with van der Waals surface area (Å²) in [7, 11) is -2.56. The summed E-state index contributed by atoms with van der Waals surface area (Å²) < 4.78 is 12.6. The van der Waals surface area contributed by atoms with E-state index in [2.05, 4.69) is 92.1 Å². The number of benzene rings is 2. The molecule has 1 amide bonds. The number of ether oxygens (including phenoxy) is 1. The SMILES string of the molecule is CC(C)(C)OC(=O)NC12CC(NCC(O)C3CC(O[Si](c4ccccc4)(c4ccccc4)C(C)(C)C)C3)(C1)C2. The first kappa shape index (κ1) is 28.3. The van der Waals surface area contributed by atoms with Crippen LogP contribution < -0.4 is 21.0 Å². The Kier molecular flexibility index (Phi) is 7.28. The van der Waals surface area contributed by atoms with Gasteiger partial charge < -0.3 is 24.9 Å². The van der Waals surface area contributed by atoms with E-state index in [-0.39, 0.29) is 34.2 Å². The number of alkyl carbamates (subject to hydrolysis) is 1. The molecule has 4 aliphatic rings. The van der Waals surface area contributed by atoms with Gasteiger partial charge in [0.05, 0.1) is 6.10 Å². The molecule has 1 unspecified atom stereocenters. The van der Waals surface area contributed by atoms with Crippen LogP contribution in [0.4, 0.5) is 4.79 Å². The summed E-state index contributed by atoms with van der Waals surface area (Å²) >= 11 is 0. The summed E-state index contributed by atoms with van der Waals surface area (Å²) in [6.07, 6.45) is 3.87. The summed E-state index contributed by atoms with van der Waals surface area (Å²) in [4.78, 5) is 12.2. The highest BCUT2D eigenvalue weighted by atomic mass is 28.4. The zero-order valence-electron chi connectivity index (χ0n) is 24.4. The van der Waals surface area contributed by atoms with E-state index in [1.807, 2.05) is 20.8 Å². The van der Waals surface area contributed by atoms with Gasteiger partial charge in [0.25, 0.3) is 8.32 Å². The molecule has 0 saturated heterocycles. The number of hydrogen-bond donors (Lipinski definition) is 3. The molecular weight excluding hydrogens is 504 g/mol. The van der Waals surface area contributed by atoms with Crippen LogP contribution in [0, 0.1) is 5.92 Å². The summed E-state index contributed by atoms with van der Waals surface area (Å²) in [6.45, 7) is 13.1. The predicted octanol–water partition coefficient (Wildman–Crippen LogP) is 4.49. The number of amides is 1. The minimum absolute atomic E-state index is 0.0462. The van der Waals surface area contributed by atoms with Gasteiger partial charge in [0.2, 0.25) is 0 Å². The average Bonchev–Trinajstić information content (AvgIpc) is 2.78. The fourth-order valence-corrected chi connectivity index (χ4v) is 11.8. The van der Waals surface area contributed by atoms with Crippen molar-refractivity contribution in [3.05, 3.63) is 60.7 Å². The van der Waals surface area contributed by atoms with E-state index >= 15 is 0 Å². The van der Waals surface area contributed by atoms with Gasteiger partial charge in [-0.1, -0.05) is 81.4 Å². The first-order valence-electron chi connectivity index (χ1n) is 14.5. The maximum absolute atomic E-state index is 12.2. The van der Waals surface area contributed by atoms with Gasteiger partial charge in [-0.15, -0.1) is 0 Å². The summed E-state index contributed by atoms with van der Waals surface area (Å²) in [5, 5.41) is 20.3. The highest BCUT2D eigenvalue weighted by Crippen LogP contribution is 2.60. The van der Waals surface area contributed by atoms with Crippen LogP contribution in [0.3, 0.4) is 0 Å². The molecule has 4 fully saturated rings. The first-order valence-corrected chi connectivity index (χ1v) is 16.4. The van der Waals surface area contributed by atoms with Crippen molar-refractivity contribution < 1.29 is 19.1 Å². The number of rotatable bonds is 9. The van der Waals surface area contributed by atoms with E-state index in [1.165, 1.54) is 10.4 Å². The van der Waals surface area contributed by atoms with Crippen LogP contribution >= 0.6 is 0 Å². The predicted molar refractivity (Wildman–Crippen MR) is 158 cm³/mol. The van der Waals surface area contributed by atoms with Gasteiger partial charge in [-0.2, -0.15) is 0 Å². The van der Waals surface area contributed by atoms with Crippen molar-refractivity contribution in [1.82, 2.24) is 10.6 Å². The van der Waals surface area contributed by atoms with E-state index in [1.54, 1.807) is 0 Å². The molecule has 1 atom stereocenters. The quantitative estimate of drug-likeness (QED) is 0.401. The Morgan fingerprint density at radius 1 is 0.923 bits per heavy atom. The molecule has 0 aromatic heterocycles. The smallest absolute Gasteiger partial charge is 0.408 e. The van der Waals surface area contributed by atoms with E-state index in [0.717, 1.165) is 32.1 Å². The standard InChI is InChI=1S/C32H46N2O4Si/c1-29(2,3)37-28(36)34-32-20-31(21-32,22-32)33-19-27(35)23-17-24(18-23)38-39(30(4,5)6,25-13-9-7-10-14-25)26-15-11-8-12-16-26/h7-16,23-24,27,33,35H,17-22H2,1-6H3,(H,34,36). The Labute approximate surface area is 235 Å². The first-order chi connectivity index (χ1) is 18.2. The maximum Gasteiger partial charge on any atom is 0.408 e. The van der Waals surface area contributed by atoms with Crippen molar-refractivity contribution in [2.45, 2.75) is 108 Å². The monoisotopic (exact) mass is 550 g/mol. The third-order valence-electron chi connectivity index (χ3n) is 8.92. The Morgan fingerprint density at radius 2 is 1.44 bits per heavy atom. The van der Waals surface area contributed by atoms with Gasteiger partial charge in [-0.3, -0.25) is 0 Å². The normalized spacial score (nSPS) is 28.9. The molecule has 3 N–H and O–H groups in total. The van der Waals surface area contributed by atoms with Crippen molar-refractivity contribution in [2.24, 2.45) is 5.92 Å². The van der Waals surface area contributed by atoms with E-state index in [4.69, 9.17) is 9.16 Å². The maximum atomic E-state index is 12.2. The van der Waals surface area contributed by atoms with Crippen LogP contribution in [0.1, 0.15) is 73.6 Å². The Morgan fingerprint density at radius 3 is 1.90 bits per heavy atom. The minimum Gasteiger partial charge on any atom is -0.444 e. The molecule has 2 bridgehead atoms. The number of nitrogens with one attached hydrogen (secondary N) is 2. The molecule has 7 heteroatoms. The molecule has 39 heavy (non-hydrogen) atoms. The van der Waals surface area contributed by atoms with Crippen molar-refractivity contribution in [2.75, 3.05) is 6.54 Å². The number of carbonyl (C=O) groups excluding carboxylic acids is 1. The second-order valence-electron chi connectivity index (χ2n) is 14.3. The van der Waals surface area contributed by atoms with Gasteiger partial charge in [-0.25, -0.2) is 4.79 Å². The van der Waals surface area contributed by atoms with Crippen LogP contribution in [0.2, 0.25) is 5.04 Å². The van der Waals surface area contributed by atoms with Gasteiger partial charge in [0.15, 0.2) is 0 Å². The van der Waals surface area contributed by atoms with E-state index in [9.17, 15) is 9.90 Å². The largest absolute Gasteiger partial charge is 0.444 e. The van der Waals surface area contributed by atoms with Crippen LogP contribution in [-0.4, -0.2) is 54.9 Å². The van der Waals surface area contributed by atoms with Crippen molar-refractivity contribution >= 4 is 24.8 Å². The Hall–Kier alpha value is -2.19. The van der Waals surface area contributed by atoms with Gasteiger partial charge in [0, 0.05) is 23.7 Å². The molecule has 4 saturated carbocycles. The third-order valence-corrected chi connectivity index (χ3v) is 14.0. The van der Waals surface area contributed by atoms with E-state index in [0.29, 0.717) is 6.54 Å². The second-order valence-corrected chi connectivity index (χ2v) is 18.6. The topological polar surface area (TPSA) is 79.8 Å². The van der Waals surface area contributed by atoms with Crippen molar-refractivity contribution in [3.63, 3.8) is 0 Å². The van der Waals surface area contributed by atoms with Gasteiger partial charge in [0.1, 0.15) is 5.60 Å². The molecule has 0 spiro atoms. The van der Waals surface area contributed by atoms with Gasteiger partial charge in [-0.05, 0) is 74.2 Å². The Bertz CT molecular complexity index is 1090. The van der Waals surface area contributed by atoms with Crippen molar-refractivity contribution in [1.29, 1.82) is 0 Å². The number of β-amino-alcohol motifs (C(OH)–C–C–N with tert-alkyl or cyclic N) is 1. The lowest BCUT2D eigenvalue weighted by Gasteiger charge is -2.70.